The predicted octanol–water partition coefficient (Wildman–Crippen LogP) is 14.5. The van der Waals surface area contributed by atoms with E-state index >= 15 is 0 Å². The summed E-state index contributed by atoms with van der Waals surface area (Å²) in [7, 11) is 0. The summed E-state index contributed by atoms with van der Waals surface area (Å²) in [6.07, 6.45) is 4.92. The standard InChI is InChI=1S/C53H43N/c1-53(2)51-34-41-17-7-6-16-40(41)33-50(51)49-32-31-44(35-52(49)53)54(43-29-25-39(26-30-43)48-22-12-18-37-15-8-9-19-46(37)48)42-27-23-38(24-28-42)47-21-11-10-20-45(47)36-13-4-3-5-14-36/h3-7,10-14,16-18,20-35H,8-9,15,19H2,1-2H3. The van der Waals surface area contributed by atoms with E-state index in [1.54, 1.807) is 0 Å². The van der Waals surface area contributed by atoms with Crippen molar-refractivity contribution >= 4 is 27.8 Å². The van der Waals surface area contributed by atoms with Gasteiger partial charge < -0.3 is 4.90 Å². The zero-order chi connectivity index (χ0) is 36.2. The summed E-state index contributed by atoms with van der Waals surface area (Å²) in [6, 6.07) is 65.4. The van der Waals surface area contributed by atoms with Gasteiger partial charge in [0.2, 0.25) is 0 Å². The number of benzene rings is 8. The monoisotopic (exact) mass is 693 g/mol. The average molecular weight is 694 g/mol. The van der Waals surface area contributed by atoms with Gasteiger partial charge in [-0.3, -0.25) is 0 Å². The van der Waals surface area contributed by atoms with Crippen LogP contribution in [0.3, 0.4) is 0 Å². The van der Waals surface area contributed by atoms with Crippen LogP contribution >= 0.6 is 0 Å². The number of rotatable bonds is 6. The second-order valence-corrected chi connectivity index (χ2v) is 15.6. The SMILES string of the molecule is CC1(C)c2cc(N(c3ccc(-c4ccccc4-c4ccccc4)cc3)c3ccc(-c4cccc5c4CCCC5)cc3)ccc2-c2cc3ccccc3cc21. The highest BCUT2D eigenvalue weighted by Gasteiger charge is 2.36. The Hall–Kier alpha value is -6.18. The first kappa shape index (κ1) is 32.5. The maximum absolute atomic E-state index is 2.44. The molecule has 54 heavy (non-hydrogen) atoms. The topological polar surface area (TPSA) is 3.24 Å². The molecule has 8 aromatic carbocycles. The van der Waals surface area contributed by atoms with Gasteiger partial charge in [0, 0.05) is 22.5 Å². The number of hydrogen-bond donors (Lipinski definition) is 0. The number of aryl methyl sites for hydroxylation is 1. The number of nitrogens with zero attached hydrogens (tertiary/aromatic N) is 1. The molecule has 2 aliphatic rings. The van der Waals surface area contributed by atoms with Gasteiger partial charge in [-0.25, -0.2) is 0 Å². The van der Waals surface area contributed by atoms with Crippen LogP contribution in [-0.2, 0) is 18.3 Å². The Bertz CT molecular complexity index is 2660. The summed E-state index contributed by atoms with van der Waals surface area (Å²) in [5.41, 5.74) is 19.4. The van der Waals surface area contributed by atoms with Gasteiger partial charge in [-0.2, -0.15) is 0 Å². The normalized spacial score (nSPS) is 14.0. The minimum absolute atomic E-state index is 0.127. The van der Waals surface area contributed by atoms with Crippen molar-refractivity contribution < 1.29 is 0 Å². The lowest BCUT2D eigenvalue weighted by molar-refractivity contribution is 0.661. The molecule has 260 valence electrons. The van der Waals surface area contributed by atoms with E-state index in [9.17, 15) is 0 Å². The van der Waals surface area contributed by atoms with Gasteiger partial charge in [-0.1, -0.05) is 141 Å². The van der Waals surface area contributed by atoms with E-state index in [4.69, 9.17) is 0 Å². The molecular weight excluding hydrogens is 651 g/mol. The Labute approximate surface area is 319 Å². The number of anilines is 3. The molecule has 0 saturated carbocycles. The van der Waals surface area contributed by atoms with Crippen LogP contribution < -0.4 is 4.90 Å². The van der Waals surface area contributed by atoms with Gasteiger partial charge in [-0.15, -0.1) is 0 Å². The lowest BCUT2D eigenvalue weighted by Crippen LogP contribution is -2.16. The van der Waals surface area contributed by atoms with Crippen LogP contribution in [0, 0.1) is 0 Å². The zero-order valence-corrected chi connectivity index (χ0v) is 31.0. The van der Waals surface area contributed by atoms with Crippen molar-refractivity contribution in [2.45, 2.75) is 44.9 Å². The third-order valence-electron chi connectivity index (χ3n) is 12.1. The van der Waals surface area contributed by atoms with Crippen molar-refractivity contribution in [2.24, 2.45) is 0 Å². The third kappa shape index (κ3) is 5.46. The van der Waals surface area contributed by atoms with Gasteiger partial charge in [0.05, 0.1) is 0 Å². The molecule has 2 aliphatic carbocycles. The van der Waals surface area contributed by atoms with Gasteiger partial charge >= 0.3 is 0 Å². The smallest absolute Gasteiger partial charge is 0.0465 e. The molecule has 0 saturated heterocycles. The molecule has 0 heterocycles. The Morgan fingerprint density at radius 1 is 0.389 bits per heavy atom. The summed E-state index contributed by atoms with van der Waals surface area (Å²) < 4.78 is 0. The van der Waals surface area contributed by atoms with E-state index < -0.39 is 0 Å². The molecule has 8 aromatic rings. The van der Waals surface area contributed by atoms with Crippen molar-refractivity contribution in [3.05, 3.63) is 198 Å². The first-order valence-corrected chi connectivity index (χ1v) is 19.5. The molecule has 0 unspecified atom stereocenters. The van der Waals surface area contributed by atoms with Gasteiger partial charge in [-0.05, 0) is 152 Å². The van der Waals surface area contributed by atoms with E-state index in [1.807, 2.05) is 0 Å². The van der Waals surface area contributed by atoms with Crippen LogP contribution in [0.5, 0.6) is 0 Å². The van der Waals surface area contributed by atoms with Crippen LogP contribution in [0.25, 0.3) is 55.3 Å². The Morgan fingerprint density at radius 3 is 1.63 bits per heavy atom. The Morgan fingerprint density at radius 2 is 0.926 bits per heavy atom. The molecule has 0 fully saturated rings. The summed E-state index contributed by atoms with van der Waals surface area (Å²) >= 11 is 0. The number of fused-ring (bicyclic) bond motifs is 5. The van der Waals surface area contributed by atoms with Gasteiger partial charge in [0.1, 0.15) is 0 Å². The largest absolute Gasteiger partial charge is 0.310 e. The predicted molar refractivity (Wildman–Crippen MR) is 229 cm³/mol. The Balaban J connectivity index is 1.08. The second kappa shape index (κ2) is 13.0. The average Bonchev–Trinajstić information content (AvgIpc) is 3.45. The highest BCUT2D eigenvalue weighted by atomic mass is 15.1. The third-order valence-corrected chi connectivity index (χ3v) is 12.1. The maximum atomic E-state index is 2.44. The van der Waals surface area contributed by atoms with Gasteiger partial charge in [0.25, 0.3) is 0 Å². The minimum atomic E-state index is -0.127. The van der Waals surface area contributed by atoms with Crippen molar-refractivity contribution in [2.75, 3.05) is 4.90 Å². The molecule has 0 aromatic heterocycles. The first-order chi connectivity index (χ1) is 26.5. The van der Waals surface area contributed by atoms with Gasteiger partial charge in [0.15, 0.2) is 0 Å². The molecule has 1 heteroatoms. The molecular formula is C53H43N. The molecule has 10 rings (SSSR count). The molecule has 0 N–H and O–H groups in total. The maximum Gasteiger partial charge on any atom is 0.0465 e. The van der Waals surface area contributed by atoms with Crippen molar-refractivity contribution in [1.82, 2.24) is 0 Å². The lowest BCUT2D eigenvalue weighted by atomic mass is 9.81. The molecule has 0 radical (unpaired) electrons. The van der Waals surface area contributed by atoms with Crippen LogP contribution in [-0.4, -0.2) is 0 Å². The molecule has 0 amide bonds. The summed E-state index contributed by atoms with van der Waals surface area (Å²) in [6.45, 7) is 4.77. The van der Waals surface area contributed by atoms with Crippen molar-refractivity contribution in [3.8, 4) is 44.5 Å². The number of hydrogen-bond acceptors (Lipinski definition) is 1. The van der Waals surface area contributed by atoms with E-state index in [1.165, 1.54) is 109 Å². The van der Waals surface area contributed by atoms with E-state index in [-0.39, 0.29) is 5.41 Å². The molecule has 0 aliphatic heterocycles. The zero-order valence-electron chi connectivity index (χ0n) is 31.0. The van der Waals surface area contributed by atoms with Crippen LogP contribution in [0.2, 0.25) is 0 Å². The highest BCUT2D eigenvalue weighted by molar-refractivity contribution is 5.95. The van der Waals surface area contributed by atoms with Crippen LogP contribution in [0.4, 0.5) is 17.1 Å². The van der Waals surface area contributed by atoms with Crippen LogP contribution in [0.1, 0.15) is 48.9 Å². The highest BCUT2D eigenvalue weighted by Crippen LogP contribution is 2.52. The summed E-state index contributed by atoms with van der Waals surface area (Å²) in [5.74, 6) is 0. The fourth-order valence-corrected chi connectivity index (χ4v) is 9.23. The van der Waals surface area contributed by atoms with E-state index in [2.05, 4.69) is 195 Å². The molecule has 0 bridgehead atoms. The van der Waals surface area contributed by atoms with E-state index in [0.717, 1.165) is 11.4 Å². The van der Waals surface area contributed by atoms with E-state index in [0.29, 0.717) is 0 Å². The Kier molecular flexibility index (Phi) is 7.84. The summed E-state index contributed by atoms with van der Waals surface area (Å²) in [5, 5.41) is 2.59. The second-order valence-electron chi connectivity index (χ2n) is 15.6. The first-order valence-electron chi connectivity index (χ1n) is 19.5. The summed E-state index contributed by atoms with van der Waals surface area (Å²) in [4.78, 5) is 2.44. The van der Waals surface area contributed by atoms with Crippen molar-refractivity contribution in [3.63, 3.8) is 0 Å². The van der Waals surface area contributed by atoms with Crippen LogP contribution in [0.15, 0.2) is 176 Å². The lowest BCUT2D eigenvalue weighted by Gasteiger charge is -2.28. The fraction of sp³-hybridized carbons (Fsp3) is 0.132. The molecule has 0 atom stereocenters. The minimum Gasteiger partial charge on any atom is -0.310 e. The molecule has 0 spiro atoms. The molecule has 1 nitrogen and oxygen atoms in total. The van der Waals surface area contributed by atoms with Crippen molar-refractivity contribution in [1.29, 1.82) is 0 Å². The quantitative estimate of drug-likeness (QED) is 0.168. The fourth-order valence-electron chi connectivity index (χ4n) is 9.23.